The van der Waals surface area contributed by atoms with Gasteiger partial charge in [0.2, 0.25) is 6.36 Å². The second kappa shape index (κ2) is 7.22. The van der Waals surface area contributed by atoms with Crippen LogP contribution in [-0.2, 0) is 14.2 Å². The molecule has 22 heavy (non-hydrogen) atoms. The third-order valence-electron chi connectivity index (χ3n) is 3.44. The van der Waals surface area contributed by atoms with Crippen molar-refractivity contribution in [2.24, 2.45) is 5.11 Å². The van der Waals surface area contributed by atoms with Crippen LogP contribution in [0.25, 0.3) is 10.4 Å². The van der Waals surface area contributed by atoms with Gasteiger partial charge in [-0.15, -0.1) is 0 Å². The van der Waals surface area contributed by atoms with Crippen LogP contribution >= 0.6 is 0 Å². The summed E-state index contributed by atoms with van der Waals surface area (Å²) in [6.45, 7) is 1.55. The number of halogens is 1. The lowest BCUT2D eigenvalue weighted by atomic mass is 10.0. The van der Waals surface area contributed by atoms with Crippen molar-refractivity contribution in [1.82, 2.24) is 0 Å². The minimum absolute atomic E-state index is 0.368. The van der Waals surface area contributed by atoms with Crippen LogP contribution in [0.1, 0.15) is 17.3 Å². The molecule has 1 aromatic carbocycles. The predicted octanol–water partition coefficient (Wildman–Crippen LogP) is 2.62. The molecule has 0 aromatic heterocycles. The van der Waals surface area contributed by atoms with Crippen molar-refractivity contribution in [3.63, 3.8) is 0 Å². The molecule has 1 aliphatic rings. The summed E-state index contributed by atoms with van der Waals surface area (Å²) in [4.78, 5) is 14.7. The van der Waals surface area contributed by atoms with Crippen molar-refractivity contribution in [3.05, 3.63) is 46.3 Å². The van der Waals surface area contributed by atoms with E-state index in [1.807, 2.05) is 0 Å². The zero-order valence-corrected chi connectivity index (χ0v) is 12.1. The number of hydrogen-bond donors (Lipinski definition) is 0. The van der Waals surface area contributed by atoms with Crippen molar-refractivity contribution in [2.75, 3.05) is 7.11 Å². The van der Waals surface area contributed by atoms with Gasteiger partial charge in [0.05, 0.1) is 11.6 Å². The van der Waals surface area contributed by atoms with Gasteiger partial charge in [-0.1, -0.05) is 23.3 Å². The molecule has 118 valence electrons. The van der Waals surface area contributed by atoms with Gasteiger partial charge in [0.15, 0.2) is 0 Å². The van der Waals surface area contributed by atoms with Gasteiger partial charge in [-0.05, 0) is 24.6 Å². The molecule has 0 unspecified atom stereocenters. The fourth-order valence-electron chi connectivity index (χ4n) is 2.35. The summed E-state index contributed by atoms with van der Waals surface area (Å²) < 4.78 is 29.1. The van der Waals surface area contributed by atoms with Gasteiger partial charge >= 0.3 is 5.97 Å². The largest absolute Gasteiger partial charge is 0.456 e. The number of methoxy groups -OCH3 is 1. The molecule has 0 saturated carbocycles. The Morgan fingerprint density at radius 3 is 2.73 bits per heavy atom. The summed E-state index contributed by atoms with van der Waals surface area (Å²) in [5.74, 6) is -0.562. The maximum Gasteiger partial charge on any atom is 0.338 e. The number of carbonyl (C=O) groups excluding carboxylic acids is 1. The Kier molecular flexibility index (Phi) is 5.32. The quantitative estimate of drug-likeness (QED) is 0.361. The zero-order chi connectivity index (χ0) is 16.1. The van der Waals surface area contributed by atoms with E-state index in [2.05, 4.69) is 10.0 Å². The molecular weight excluding hydrogens is 293 g/mol. The van der Waals surface area contributed by atoms with Crippen LogP contribution in [0.2, 0.25) is 0 Å². The normalized spacial score (nSPS) is 28.7. The number of esters is 1. The summed E-state index contributed by atoms with van der Waals surface area (Å²) in [6.07, 6.45) is -4.49. The van der Waals surface area contributed by atoms with Gasteiger partial charge in [-0.3, -0.25) is 0 Å². The van der Waals surface area contributed by atoms with Crippen LogP contribution in [0.3, 0.4) is 0 Å². The molecular formula is C14H16FN3O4. The average molecular weight is 309 g/mol. The molecule has 0 N–H and O–H groups in total. The number of hydrogen-bond acceptors (Lipinski definition) is 5. The first-order valence-corrected chi connectivity index (χ1v) is 6.71. The van der Waals surface area contributed by atoms with Gasteiger partial charge in [0.1, 0.15) is 18.3 Å². The lowest BCUT2D eigenvalue weighted by Gasteiger charge is -2.22. The van der Waals surface area contributed by atoms with Crippen molar-refractivity contribution in [3.8, 4) is 0 Å². The molecule has 0 radical (unpaired) electrons. The topological polar surface area (TPSA) is 93.5 Å². The highest BCUT2D eigenvalue weighted by Gasteiger charge is 2.48. The number of rotatable bonds is 5. The van der Waals surface area contributed by atoms with Gasteiger partial charge < -0.3 is 14.2 Å². The highest BCUT2D eigenvalue weighted by atomic mass is 19.1. The molecule has 1 aliphatic heterocycles. The smallest absolute Gasteiger partial charge is 0.338 e. The second-order valence-corrected chi connectivity index (χ2v) is 4.82. The molecule has 8 heteroatoms. The maximum absolute atomic E-state index is 13.8. The summed E-state index contributed by atoms with van der Waals surface area (Å²) in [7, 11) is 1.30. The highest BCUT2D eigenvalue weighted by Crippen LogP contribution is 2.30. The van der Waals surface area contributed by atoms with E-state index in [0.717, 1.165) is 0 Å². The minimum Gasteiger partial charge on any atom is -0.456 e. The first-order chi connectivity index (χ1) is 10.6. The van der Waals surface area contributed by atoms with Crippen molar-refractivity contribution in [2.45, 2.75) is 37.6 Å². The molecule has 2 rings (SSSR count). The van der Waals surface area contributed by atoms with Crippen molar-refractivity contribution in [1.29, 1.82) is 0 Å². The van der Waals surface area contributed by atoms with Gasteiger partial charge in [-0.25, -0.2) is 9.18 Å². The Hall–Kier alpha value is -2.15. The summed E-state index contributed by atoms with van der Waals surface area (Å²) in [5, 5.41) is 3.51. The number of benzene rings is 1. The monoisotopic (exact) mass is 309 g/mol. The van der Waals surface area contributed by atoms with Crippen LogP contribution in [0.15, 0.2) is 35.4 Å². The van der Waals surface area contributed by atoms with E-state index < -0.39 is 36.7 Å². The SMILES string of the molecule is CO[C@H]1[C@H](N=[N+]=[N-])[C@@H]([C@H](C)OC(=O)c2ccccc2)O[C@@H]1F. The van der Waals surface area contributed by atoms with Crippen LogP contribution in [0, 0.1) is 0 Å². The number of ether oxygens (including phenoxy) is 3. The average Bonchev–Trinajstić information content (AvgIpc) is 2.84. The number of carbonyl (C=O) groups is 1. The summed E-state index contributed by atoms with van der Waals surface area (Å²) >= 11 is 0. The van der Waals surface area contributed by atoms with Crippen LogP contribution < -0.4 is 0 Å². The van der Waals surface area contributed by atoms with Crippen LogP contribution in [0.4, 0.5) is 4.39 Å². The maximum atomic E-state index is 13.8. The molecule has 1 saturated heterocycles. The molecule has 5 atom stereocenters. The third-order valence-corrected chi connectivity index (χ3v) is 3.44. The van der Waals surface area contributed by atoms with Crippen molar-refractivity contribution >= 4 is 5.97 Å². The van der Waals surface area contributed by atoms with E-state index in [1.165, 1.54) is 7.11 Å². The molecule has 7 nitrogen and oxygen atoms in total. The molecule has 0 spiro atoms. The fourth-order valence-corrected chi connectivity index (χ4v) is 2.35. The zero-order valence-electron chi connectivity index (χ0n) is 12.1. The first-order valence-electron chi connectivity index (χ1n) is 6.71. The Bertz CT molecular complexity index is 564. The van der Waals surface area contributed by atoms with Gasteiger partial charge in [-0.2, -0.15) is 0 Å². The summed E-state index contributed by atoms with van der Waals surface area (Å²) in [5.41, 5.74) is 8.97. The van der Waals surface area contributed by atoms with E-state index >= 15 is 0 Å². The lowest BCUT2D eigenvalue weighted by molar-refractivity contribution is -0.106. The van der Waals surface area contributed by atoms with E-state index in [1.54, 1.807) is 37.3 Å². The molecule has 0 aliphatic carbocycles. The third kappa shape index (κ3) is 3.36. The Labute approximate surface area is 126 Å². The highest BCUT2D eigenvalue weighted by molar-refractivity contribution is 5.89. The Morgan fingerprint density at radius 1 is 1.45 bits per heavy atom. The standard InChI is InChI=1S/C14H16FN3O4/c1-8(21-14(19)9-6-4-3-5-7-9)11-10(17-18-16)12(20-2)13(15)22-11/h3-8,10-13H,1-2H3/t8-,10+,11+,12-,13-/m0/s1. The lowest BCUT2D eigenvalue weighted by Crippen LogP contribution is -2.39. The number of alkyl halides is 1. The molecule has 1 heterocycles. The number of azide groups is 1. The predicted molar refractivity (Wildman–Crippen MR) is 74.8 cm³/mol. The molecule has 1 fully saturated rings. The van der Waals surface area contributed by atoms with Gasteiger partial charge in [0.25, 0.3) is 0 Å². The minimum atomic E-state index is -1.75. The van der Waals surface area contributed by atoms with E-state index in [0.29, 0.717) is 5.56 Å². The Balaban J connectivity index is 2.09. The fraction of sp³-hybridized carbons (Fsp3) is 0.500. The van der Waals surface area contributed by atoms with Crippen LogP contribution in [0.5, 0.6) is 0 Å². The Morgan fingerprint density at radius 2 is 2.14 bits per heavy atom. The second-order valence-electron chi connectivity index (χ2n) is 4.82. The first kappa shape index (κ1) is 16.2. The van der Waals surface area contributed by atoms with E-state index in [9.17, 15) is 9.18 Å². The molecule has 0 amide bonds. The summed E-state index contributed by atoms with van der Waals surface area (Å²) in [6, 6.07) is 7.47. The molecule has 1 aromatic rings. The van der Waals surface area contributed by atoms with E-state index in [-0.39, 0.29) is 0 Å². The number of nitrogens with zero attached hydrogens (tertiary/aromatic N) is 3. The van der Waals surface area contributed by atoms with Crippen LogP contribution in [-0.4, -0.2) is 43.8 Å². The van der Waals surface area contributed by atoms with Crippen molar-refractivity contribution < 1.29 is 23.4 Å². The molecule has 0 bridgehead atoms. The van der Waals surface area contributed by atoms with Gasteiger partial charge in [0, 0.05) is 12.0 Å². The van der Waals surface area contributed by atoms with E-state index in [4.69, 9.17) is 19.7 Å².